The number of hydrogen-bond acceptors (Lipinski definition) is 3. The minimum atomic E-state index is -1.68. The van der Waals surface area contributed by atoms with E-state index in [1.54, 1.807) is 0 Å². The molecular weight excluding hydrogens is 232 g/mol. The van der Waals surface area contributed by atoms with E-state index < -0.39 is 8.32 Å². The van der Waals surface area contributed by atoms with Gasteiger partial charge >= 0.3 is 5.97 Å². The SMILES string of the molecule is COC(=O)C=C[C@@H](C)CO[Si](C)(C)C(C)(C)C. The Morgan fingerprint density at radius 3 is 2.29 bits per heavy atom. The van der Waals surface area contributed by atoms with Crippen LogP contribution in [0.2, 0.25) is 18.1 Å². The van der Waals surface area contributed by atoms with Gasteiger partial charge in [0.25, 0.3) is 0 Å². The third-order valence-electron chi connectivity index (χ3n) is 3.28. The molecule has 0 spiro atoms. The quantitative estimate of drug-likeness (QED) is 0.431. The highest BCUT2D eigenvalue weighted by molar-refractivity contribution is 6.74. The summed E-state index contributed by atoms with van der Waals surface area (Å²) in [6, 6.07) is 0. The summed E-state index contributed by atoms with van der Waals surface area (Å²) in [6.07, 6.45) is 3.29. The van der Waals surface area contributed by atoms with Gasteiger partial charge < -0.3 is 9.16 Å². The second kappa shape index (κ2) is 6.35. The Morgan fingerprint density at radius 2 is 1.88 bits per heavy atom. The summed E-state index contributed by atoms with van der Waals surface area (Å²) in [5.74, 6) is -0.0904. The molecule has 0 fully saturated rings. The second-order valence-electron chi connectivity index (χ2n) is 5.93. The number of methoxy groups -OCH3 is 1. The second-order valence-corrected chi connectivity index (χ2v) is 10.7. The molecule has 0 aliphatic rings. The van der Waals surface area contributed by atoms with Crippen molar-refractivity contribution in [2.24, 2.45) is 5.92 Å². The maximum absolute atomic E-state index is 10.9. The summed E-state index contributed by atoms with van der Waals surface area (Å²) in [7, 11) is -0.304. The van der Waals surface area contributed by atoms with Crippen LogP contribution >= 0.6 is 0 Å². The number of hydrogen-bond donors (Lipinski definition) is 0. The summed E-state index contributed by atoms with van der Waals surface area (Å²) in [4.78, 5) is 10.9. The van der Waals surface area contributed by atoms with Crippen molar-refractivity contribution >= 4 is 14.3 Å². The van der Waals surface area contributed by atoms with E-state index in [2.05, 4.69) is 38.6 Å². The molecule has 0 aliphatic heterocycles. The van der Waals surface area contributed by atoms with Crippen LogP contribution in [0.3, 0.4) is 0 Å². The first-order valence-electron chi connectivity index (χ1n) is 6.00. The van der Waals surface area contributed by atoms with Crippen molar-refractivity contribution in [3.8, 4) is 0 Å². The molecule has 0 rings (SSSR count). The summed E-state index contributed by atoms with van der Waals surface area (Å²) in [6.45, 7) is 13.8. The number of ether oxygens (including phenoxy) is 1. The maximum Gasteiger partial charge on any atom is 0.330 e. The van der Waals surface area contributed by atoms with Crippen LogP contribution in [-0.4, -0.2) is 28.0 Å². The molecule has 0 N–H and O–H groups in total. The van der Waals surface area contributed by atoms with Gasteiger partial charge in [-0.3, -0.25) is 0 Å². The van der Waals surface area contributed by atoms with E-state index in [1.165, 1.54) is 13.2 Å². The molecule has 0 heterocycles. The summed E-state index contributed by atoms with van der Waals surface area (Å²) in [5.41, 5.74) is 0. The Kier molecular flexibility index (Phi) is 6.13. The standard InChI is InChI=1S/C13H26O3Si/c1-11(8-9-12(14)15-5)10-16-17(6,7)13(2,3)4/h8-9,11H,10H2,1-7H3/t11-/m1/s1. The van der Waals surface area contributed by atoms with Gasteiger partial charge in [-0.15, -0.1) is 0 Å². The molecule has 0 aromatic carbocycles. The molecular formula is C13H26O3Si. The lowest BCUT2D eigenvalue weighted by Gasteiger charge is -2.36. The van der Waals surface area contributed by atoms with Gasteiger partial charge in [-0.1, -0.05) is 33.8 Å². The van der Waals surface area contributed by atoms with Crippen LogP contribution in [0.1, 0.15) is 27.7 Å². The van der Waals surface area contributed by atoms with E-state index >= 15 is 0 Å². The number of esters is 1. The Hall–Kier alpha value is -0.613. The largest absolute Gasteiger partial charge is 0.466 e. The van der Waals surface area contributed by atoms with Gasteiger partial charge in [0.1, 0.15) is 0 Å². The van der Waals surface area contributed by atoms with Gasteiger partial charge in [0.2, 0.25) is 0 Å². The van der Waals surface area contributed by atoms with Crippen LogP contribution in [0, 0.1) is 5.92 Å². The molecule has 0 aromatic rings. The van der Waals surface area contributed by atoms with Crippen molar-refractivity contribution in [1.82, 2.24) is 0 Å². The van der Waals surface area contributed by atoms with E-state index in [0.717, 1.165) is 0 Å². The van der Waals surface area contributed by atoms with E-state index in [-0.39, 0.29) is 16.9 Å². The van der Waals surface area contributed by atoms with Gasteiger partial charge in [-0.05, 0) is 24.1 Å². The molecule has 3 nitrogen and oxygen atoms in total. The highest BCUT2D eigenvalue weighted by atomic mass is 28.4. The van der Waals surface area contributed by atoms with Crippen molar-refractivity contribution in [3.05, 3.63) is 12.2 Å². The molecule has 0 aliphatic carbocycles. The number of carbonyl (C=O) groups excluding carboxylic acids is 1. The first-order chi connectivity index (χ1) is 7.60. The van der Waals surface area contributed by atoms with Crippen molar-refractivity contribution in [2.75, 3.05) is 13.7 Å². The normalized spacial score (nSPS) is 15.0. The lowest BCUT2D eigenvalue weighted by Crippen LogP contribution is -2.41. The van der Waals surface area contributed by atoms with Gasteiger partial charge in [-0.25, -0.2) is 4.79 Å². The van der Waals surface area contributed by atoms with Crippen molar-refractivity contribution in [1.29, 1.82) is 0 Å². The molecule has 1 atom stereocenters. The van der Waals surface area contributed by atoms with Crippen molar-refractivity contribution in [2.45, 2.75) is 45.8 Å². The average Bonchev–Trinajstić information content (AvgIpc) is 2.21. The number of carbonyl (C=O) groups is 1. The van der Waals surface area contributed by atoms with Crippen LogP contribution in [0.4, 0.5) is 0 Å². The maximum atomic E-state index is 10.9. The average molecular weight is 258 g/mol. The summed E-state index contributed by atoms with van der Waals surface area (Å²) >= 11 is 0. The Labute approximate surface area is 106 Å². The van der Waals surface area contributed by atoms with E-state index in [0.29, 0.717) is 6.61 Å². The first-order valence-corrected chi connectivity index (χ1v) is 8.91. The molecule has 0 saturated carbocycles. The minimum Gasteiger partial charge on any atom is -0.466 e. The van der Waals surface area contributed by atoms with Gasteiger partial charge in [-0.2, -0.15) is 0 Å². The van der Waals surface area contributed by atoms with Crippen LogP contribution in [0.25, 0.3) is 0 Å². The molecule has 17 heavy (non-hydrogen) atoms. The molecule has 0 saturated heterocycles. The zero-order chi connectivity index (χ0) is 13.7. The highest BCUT2D eigenvalue weighted by Crippen LogP contribution is 2.36. The Balaban J connectivity index is 4.21. The van der Waals surface area contributed by atoms with Crippen molar-refractivity contribution < 1.29 is 14.0 Å². The lowest BCUT2D eigenvalue weighted by atomic mass is 10.2. The zero-order valence-electron chi connectivity index (χ0n) is 12.2. The van der Waals surface area contributed by atoms with Crippen LogP contribution < -0.4 is 0 Å². The van der Waals surface area contributed by atoms with Crippen LogP contribution in [0.5, 0.6) is 0 Å². The fourth-order valence-corrected chi connectivity index (χ4v) is 2.04. The topological polar surface area (TPSA) is 35.5 Å². The van der Waals surface area contributed by atoms with Crippen molar-refractivity contribution in [3.63, 3.8) is 0 Å². The highest BCUT2D eigenvalue weighted by Gasteiger charge is 2.37. The smallest absolute Gasteiger partial charge is 0.330 e. The number of rotatable bonds is 5. The minimum absolute atomic E-state index is 0.221. The Morgan fingerprint density at radius 1 is 1.35 bits per heavy atom. The van der Waals surface area contributed by atoms with E-state index in [9.17, 15) is 4.79 Å². The fourth-order valence-electron chi connectivity index (χ4n) is 0.923. The Bertz CT molecular complexity index is 277. The van der Waals surface area contributed by atoms with Gasteiger partial charge in [0.05, 0.1) is 7.11 Å². The fraction of sp³-hybridized carbons (Fsp3) is 0.769. The molecule has 100 valence electrons. The monoisotopic (exact) mass is 258 g/mol. The van der Waals surface area contributed by atoms with Crippen LogP contribution in [-0.2, 0) is 14.0 Å². The summed E-state index contributed by atoms with van der Waals surface area (Å²) < 4.78 is 10.6. The van der Waals surface area contributed by atoms with Gasteiger partial charge in [0, 0.05) is 12.7 Å². The molecule has 0 radical (unpaired) electrons. The molecule has 4 heteroatoms. The van der Waals surface area contributed by atoms with Gasteiger partial charge in [0.15, 0.2) is 8.32 Å². The van der Waals surface area contributed by atoms with E-state index in [1.807, 2.05) is 13.0 Å². The van der Waals surface area contributed by atoms with Crippen LogP contribution in [0.15, 0.2) is 12.2 Å². The predicted molar refractivity (Wildman–Crippen MR) is 73.5 cm³/mol. The molecule has 0 bridgehead atoms. The lowest BCUT2D eigenvalue weighted by molar-refractivity contribution is -0.134. The predicted octanol–water partition coefficient (Wildman–Crippen LogP) is 3.37. The third kappa shape index (κ3) is 6.03. The zero-order valence-corrected chi connectivity index (χ0v) is 13.2. The van der Waals surface area contributed by atoms with E-state index in [4.69, 9.17) is 4.43 Å². The molecule has 0 aromatic heterocycles. The third-order valence-corrected chi connectivity index (χ3v) is 7.78. The molecule has 0 amide bonds. The first kappa shape index (κ1) is 16.4. The summed E-state index contributed by atoms with van der Waals surface area (Å²) in [5, 5.41) is 0.221. The molecule has 0 unspecified atom stereocenters.